The van der Waals surface area contributed by atoms with Gasteiger partial charge in [0.25, 0.3) is 5.91 Å². The number of nitrogens with zero attached hydrogens (tertiary/aromatic N) is 1. The molecule has 2 aromatic rings. The molecule has 172 valence electrons. The minimum Gasteiger partial charge on any atom is -0.497 e. The van der Waals surface area contributed by atoms with Gasteiger partial charge in [0.15, 0.2) is 0 Å². The average molecular weight is 458 g/mol. The lowest BCUT2D eigenvalue weighted by Gasteiger charge is -2.35. The fourth-order valence-electron chi connectivity index (χ4n) is 4.08. The van der Waals surface area contributed by atoms with Gasteiger partial charge in [0.2, 0.25) is 10.0 Å². The van der Waals surface area contributed by atoms with Crippen LogP contribution in [0.2, 0.25) is 0 Å². The van der Waals surface area contributed by atoms with Crippen LogP contribution in [-0.4, -0.2) is 52.0 Å². The van der Waals surface area contributed by atoms with Gasteiger partial charge >= 0.3 is 0 Å². The van der Waals surface area contributed by atoms with E-state index in [1.165, 1.54) is 18.6 Å². The summed E-state index contributed by atoms with van der Waals surface area (Å²) >= 11 is 0. The highest BCUT2D eigenvalue weighted by molar-refractivity contribution is 7.89. The maximum absolute atomic E-state index is 12.8. The SMILES string of the molecule is COc1ccc(C(CNC(=O)c2ccc(S(=O)(=O)NC3CC3)cc2)N2CCCCC2)cc1. The lowest BCUT2D eigenvalue weighted by atomic mass is 10.0. The van der Waals surface area contributed by atoms with Crippen molar-refractivity contribution < 1.29 is 17.9 Å². The van der Waals surface area contributed by atoms with Crippen molar-refractivity contribution in [2.45, 2.75) is 49.1 Å². The largest absolute Gasteiger partial charge is 0.497 e. The van der Waals surface area contributed by atoms with Gasteiger partial charge < -0.3 is 10.1 Å². The molecule has 1 saturated carbocycles. The summed E-state index contributed by atoms with van der Waals surface area (Å²) < 4.78 is 32.6. The molecule has 1 saturated heterocycles. The standard InChI is InChI=1S/C24H31N3O4S/c1-31-21-11-5-18(6-12-21)23(27-15-3-2-4-16-27)17-25-24(28)19-7-13-22(14-8-19)32(29,30)26-20-9-10-20/h5-8,11-14,20,23,26H,2-4,9-10,15-17H2,1H3,(H,25,28). The molecule has 4 rings (SSSR count). The van der Waals surface area contributed by atoms with E-state index in [0.717, 1.165) is 50.1 Å². The second-order valence-electron chi connectivity index (χ2n) is 8.52. The number of sulfonamides is 1. The predicted octanol–water partition coefficient (Wildman–Crippen LogP) is 3.09. The first-order valence-corrected chi connectivity index (χ1v) is 12.7. The summed E-state index contributed by atoms with van der Waals surface area (Å²) in [5, 5.41) is 3.05. The summed E-state index contributed by atoms with van der Waals surface area (Å²) in [5.41, 5.74) is 1.59. The Labute approximate surface area is 190 Å². The van der Waals surface area contributed by atoms with E-state index < -0.39 is 10.0 Å². The van der Waals surface area contributed by atoms with Crippen molar-refractivity contribution in [2.75, 3.05) is 26.7 Å². The van der Waals surface area contributed by atoms with E-state index in [2.05, 4.69) is 27.1 Å². The first-order chi connectivity index (χ1) is 15.5. The zero-order valence-corrected chi connectivity index (χ0v) is 19.2. The number of methoxy groups -OCH3 is 1. The fraction of sp³-hybridized carbons (Fsp3) is 0.458. The Morgan fingerprint density at radius 3 is 2.28 bits per heavy atom. The molecule has 0 aromatic heterocycles. The van der Waals surface area contributed by atoms with Gasteiger partial charge in [-0.25, -0.2) is 13.1 Å². The van der Waals surface area contributed by atoms with Crippen molar-refractivity contribution in [1.82, 2.24) is 14.9 Å². The molecule has 32 heavy (non-hydrogen) atoms. The zero-order valence-electron chi connectivity index (χ0n) is 18.4. The van der Waals surface area contributed by atoms with Crippen molar-refractivity contribution in [1.29, 1.82) is 0 Å². The maximum Gasteiger partial charge on any atom is 0.251 e. The Morgan fingerprint density at radius 1 is 1.03 bits per heavy atom. The van der Waals surface area contributed by atoms with Crippen LogP contribution < -0.4 is 14.8 Å². The molecule has 2 aliphatic rings. The van der Waals surface area contributed by atoms with Gasteiger partial charge in [0.1, 0.15) is 5.75 Å². The van der Waals surface area contributed by atoms with Crippen molar-refractivity contribution >= 4 is 15.9 Å². The molecule has 7 nitrogen and oxygen atoms in total. The molecule has 1 aliphatic carbocycles. The first kappa shape index (κ1) is 22.8. The smallest absolute Gasteiger partial charge is 0.251 e. The van der Waals surface area contributed by atoms with E-state index in [1.807, 2.05) is 12.1 Å². The average Bonchev–Trinajstić information content (AvgIpc) is 3.63. The van der Waals surface area contributed by atoms with Crippen LogP contribution in [0.5, 0.6) is 5.75 Å². The Bertz CT molecular complexity index is 1010. The number of nitrogens with one attached hydrogen (secondary N) is 2. The molecule has 2 aromatic carbocycles. The monoisotopic (exact) mass is 457 g/mol. The molecular weight excluding hydrogens is 426 g/mol. The predicted molar refractivity (Wildman–Crippen MR) is 123 cm³/mol. The molecule has 1 heterocycles. The Morgan fingerprint density at radius 2 is 1.69 bits per heavy atom. The summed E-state index contributed by atoms with van der Waals surface area (Å²) in [7, 11) is -1.87. The number of amides is 1. The topological polar surface area (TPSA) is 87.7 Å². The third-order valence-electron chi connectivity index (χ3n) is 6.11. The van der Waals surface area contributed by atoms with Crippen LogP contribution in [0.25, 0.3) is 0 Å². The Hall–Kier alpha value is -2.42. The highest BCUT2D eigenvalue weighted by Crippen LogP contribution is 2.26. The number of carbonyl (C=O) groups excluding carboxylic acids is 1. The van der Waals surface area contributed by atoms with Gasteiger partial charge in [0, 0.05) is 18.2 Å². The van der Waals surface area contributed by atoms with E-state index >= 15 is 0 Å². The third-order valence-corrected chi connectivity index (χ3v) is 7.65. The number of carbonyl (C=O) groups is 1. The molecule has 2 N–H and O–H groups in total. The van der Waals surface area contributed by atoms with Crippen LogP contribution in [-0.2, 0) is 10.0 Å². The number of likely N-dealkylation sites (tertiary alicyclic amines) is 1. The zero-order chi connectivity index (χ0) is 22.6. The van der Waals surface area contributed by atoms with Gasteiger partial charge in [-0.15, -0.1) is 0 Å². The van der Waals surface area contributed by atoms with Crippen molar-refractivity contribution in [2.24, 2.45) is 0 Å². The van der Waals surface area contributed by atoms with Crippen LogP contribution in [0.3, 0.4) is 0 Å². The van der Waals surface area contributed by atoms with E-state index in [1.54, 1.807) is 19.2 Å². The van der Waals surface area contributed by atoms with Gasteiger partial charge in [-0.3, -0.25) is 9.69 Å². The minimum absolute atomic E-state index is 0.0488. The van der Waals surface area contributed by atoms with Crippen LogP contribution in [0.15, 0.2) is 53.4 Å². The van der Waals surface area contributed by atoms with Crippen molar-refractivity contribution in [3.63, 3.8) is 0 Å². The third kappa shape index (κ3) is 5.68. The lowest BCUT2D eigenvalue weighted by Crippen LogP contribution is -2.40. The van der Waals surface area contributed by atoms with Crippen LogP contribution in [0.4, 0.5) is 0 Å². The lowest BCUT2D eigenvalue weighted by molar-refractivity contribution is 0.0924. The molecule has 1 atom stereocenters. The van der Waals surface area contributed by atoms with Gasteiger partial charge in [0.05, 0.1) is 18.0 Å². The highest BCUT2D eigenvalue weighted by atomic mass is 32.2. The van der Waals surface area contributed by atoms with Crippen LogP contribution in [0.1, 0.15) is 54.1 Å². The molecule has 8 heteroatoms. The number of hydrogen-bond acceptors (Lipinski definition) is 5. The van der Waals surface area contributed by atoms with Gasteiger partial charge in [-0.2, -0.15) is 0 Å². The maximum atomic E-state index is 12.8. The summed E-state index contributed by atoms with van der Waals surface area (Å²) in [6.07, 6.45) is 5.32. The molecule has 0 bridgehead atoms. The number of benzene rings is 2. The second-order valence-corrected chi connectivity index (χ2v) is 10.2. The fourth-order valence-corrected chi connectivity index (χ4v) is 5.38. The van der Waals surface area contributed by atoms with E-state index in [9.17, 15) is 13.2 Å². The Balaban J connectivity index is 1.43. The number of piperidine rings is 1. The van der Waals surface area contributed by atoms with Gasteiger partial charge in [-0.1, -0.05) is 18.6 Å². The first-order valence-electron chi connectivity index (χ1n) is 11.2. The Kier molecular flexibility index (Phi) is 7.13. The van der Waals surface area contributed by atoms with Gasteiger partial charge in [-0.05, 0) is 80.7 Å². The number of hydrogen-bond donors (Lipinski definition) is 2. The molecule has 2 fully saturated rings. The number of rotatable bonds is 9. The van der Waals surface area contributed by atoms with Crippen molar-refractivity contribution in [3.05, 3.63) is 59.7 Å². The molecule has 1 amide bonds. The quantitative estimate of drug-likeness (QED) is 0.604. The van der Waals surface area contributed by atoms with Crippen molar-refractivity contribution in [3.8, 4) is 5.75 Å². The molecular formula is C24H31N3O4S. The minimum atomic E-state index is -3.52. The van der Waals surface area contributed by atoms with E-state index in [-0.39, 0.29) is 22.9 Å². The summed E-state index contributed by atoms with van der Waals surface area (Å²) in [5.74, 6) is 0.598. The molecule has 0 radical (unpaired) electrons. The number of ether oxygens (including phenoxy) is 1. The van der Waals surface area contributed by atoms with Crippen LogP contribution >= 0.6 is 0 Å². The van der Waals surface area contributed by atoms with E-state index in [4.69, 9.17) is 4.74 Å². The molecule has 0 spiro atoms. The molecule has 1 aliphatic heterocycles. The summed E-state index contributed by atoms with van der Waals surface area (Å²) in [6.45, 7) is 2.49. The normalized spacial score (nSPS) is 18.2. The molecule has 1 unspecified atom stereocenters. The van der Waals surface area contributed by atoms with Crippen LogP contribution in [0, 0.1) is 0 Å². The highest BCUT2D eigenvalue weighted by Gasteiger charge is 2.28. The van der Waals surface area contributed by atoms with E-state index in [0.29, 0.717) is 12.1 Å². The second kappa shape index (κ2) is 10.0. The summed E-state index contributed by atoms with van der Waals surface area (Å²) in [6, 6.07) is 14.2. The summed E-state index contributed by atoms with van der Waals surface area (Å²) in [4.78, 5) is 15.4.